The van der Waals surface area contributed by atoms with Crippen LogP contribution in [0, 0.1) is 0 Å². The summed E-state index contributed by atoms with van der Waals surface area (Å²) in [6.07, 6.45) is 4.87. The fraction of sp³-hybridized carbons (Fsp3) is 0.192. The number of esters is 1. The van der Waals surface area contributed by atoms with E-state index in [0.717, 1.165) is 47.3 Å². The number of ether oxygens (including phenoxy) is 1. The number of aromatic nitrogens is 3. The normalized spacial score (nSPS) is 15.2. The van der Waals surface area contributed by atoms with E-state index >= 15 is 0 Å². The average molecular weight is 438 g/mol. The lowest BCUT2D eigenvalue weighted by Gasteiger charge is -2.38. The summed E-state index contributed by atoms with van der Waals surface area (Å²) in [5.74, 6) is 0.851. The van der Waals surface area contributed by atoms with Gasteiger partial charge in [0, 0.05) is 22.9 Å². The fourth-order valence-corrected chi connectivity index (χ4v) is 4.74. The lowest BCUT2D eigenvalue weighted by molar-refractivity contribution is 0.0595. The van der Waals surface area contributed by atoms with Crippen molar-refractivity contribution in [2.45, 2.75) is 24.8 Å². The van der Waals surface area contributed by atoms with Crippen molar-refractivity contribution in [2.75, 3.05) is 12.4 Å². The Morgan fingerprint density at radius 3 is 2.61 bits per heavy atom. The fourth-order valence-electron chi connectivity index (χ4n) is 4.74. The van der Waals surface area contributed by atoms with Crippen molar-refractivity contribution < 1.29 is 9.53 Å². The van der Waals surface area contributed by atoms with Crippen LogP contribution < -0.4 is 11.1 Å². The van der Waals surface area contributed by atoms with Crippen molar-refractivity contribution in [1.29, 1.82) is 0 Å². The predicted octanol–water partition coefficient (Wildman–Crippen LogP) is 4.78. The maximum absolute atomic E-state index is 12.9. The molecule has 2 aliphatic rings. The highest BCUT2D eigenvalue weighted by atomic mass is 16.5. The predicted molar refractivity (Wildman–Crippen MR) is 127 cm³/mol. The van der Waals surface area contributed by atoms with Crippen molar-refractivity contribution in [2.24, 2.45) is 5.73 Å². The number of carbonyl (C=O) groups is 1. The molecule has 1 fully saturated rings. The average Bonchev–Trinajstić information content (AvgIpc) is 3.17. The number of rotatable bonds is 3. The Kier molecular flexibility index (Phi) is 4.35. The van der Waals surface area contributed by atoms with Gasteiger partial charge in [0.2, 0.25) is 0 Å². The molecule has 2 aromatic heterocycles. The third-order valence-corrected chi connectivity index (χ3v) is 6.68. The Morgan fingerprint density at radius 1 is 1.09 bits per heavy atom. The summed E-state index contributed by atoms with van der Waals surface area (Å²) in [5.41, 5.74) is 11.7. The maximum atomic E-state index is 12.9. The lowest BCUT2D eigenvalue weighted by atomic mass is 9.72. The molecule has 33 heavy (non-hydrogen) atoms. The standard InChI is InChI=1S/C26H23N5O2/c1-33-25(32)21-22(16-9-11-17(12-10-16)26(27)13-5-14-26)31-20-8-4-15-28-23(20)29-19-7-3-2-6-18(19)24(31)30-21/h2-4,6-12,15H,5,13-14,27H2,1H3,(H,28,29). The molecule has 7 nitrogen and oxygen atoms in total. The third kappa shape index (κ3) is 2.97. The van der Waals surface area contributed by atoms with E-state index in [9.17, 15) is 4.79 Å². The number of nitrogens with one attached hydrogen (secondary N) is 1. The smallest absolute Gasteiger partial charge is 0.358 e. The van der Waals surface area contributed by atoms with Gasteiger partial charge in [0.1, 0.15) is 5.82 Å². The summed E-state index contributed by atoms with van der Waals surface area (Å²) >= 11 is 0. The molecule has 0 bridgehead atoms. The highest BCUT2D eigenvalue weighted by molar-refractivity contribution is 5.98. The summed E-state index contributed by atoms with van der Waals surface area (Å²) in [5, 5.41) is 3.42. The SMILES string of the molecule is COC(=O)c1nc2n(c1-c1ccc(C3(N)CCC3)cc1)-c1cccnc1Nc1ccccc1-2. The number of fused-ring (bicyclic) bond motifs is 5. The zero-order valence-corrected chi connectivity index (χ0v) is 18.2. The van der Waals surface area contributed by atoms with Gasteiger partial charge in [-0.3, -0.25) is 4.57 Å². The van der Waals surface area contributed by atoms with E-state index < -0.39 is 5.97 Å². The van der Waals surface area contributed by atoms with Crippen LogP contribution in [0.25, 0.3) is 28.3 Å². The highest BCUT2D eigenvalue weighted by Gasteiger charge is 2.35. The van der Waals surface area contributed by atoms with Crippen molar-refractivity contribution in [3.63, 3.8) is 0 Å². The molecule has 6 rings (SSSR count). The molecule has 1 aliphatic carbocycles. The molecule has 0 radical (unpaired) electrons. The van der Waals surface area contributed by atoms with Crippen LogP contribution in [0.1, 0.15) is 35.3 Å². The van der Waals surface area contributed by atoms with Crippen LogP contribution >= 0.6 is 0 Å². The molecule has 3 heterocycles. The Balaban J connectivity index is 1.63. The molecule has 2 aromatic carbocycles. The molecular formula is C26H23N5O2. The molecule has 0 saturated heterocycles. The zero-order chi connectivity index (χ0) is 22.6. The molecule has 1 saturated carbocycles. The summed E-state index contributed by atoms with van der Waals surface area (Å²) in [7, 11) is 1.37. The third-order valence-electron chi connectivity index (χ3n) is 6.68. The Morgan fingerprint density at radius 2 is 1.88 bits per heavy atom. The number of benzene rings is 2. The second kappa shape index (κ2) is 7.28. The minimum absolute atomic E-state index is 0.253. The van der Waals surface area contributed by atoms with Crippen LogP contribution in [0.2, 0.25) is 0 Å². The minimum Gasteiger partial charge on any atom is -0.464 e. The Labute approximate surface area is 191 Å². The highest BCUT2D eigenvalue weighted by Crippen LogP contribution is 2.43. The number of imidazole rings is 1. The molecule has 164 valence electrons. The van der Waals surface area contributed by atoms with E-state index in [0.29, 0.717) is 17.3 Å². The van der Waals surface area contributed by atoms with E-state index in [1.54, 1.807) is 6.20 Å². The Bertz CT molecular complexity index is 1390. The zero-order valence-electron chi connectivity index (χ0n) is 18.2. The van der Waals surface area contributed by atoms with Crippen LogP contribution in [0.4, 0.5) is 11.5 Å². The molecule has 1 aliphatic heterocycles. The first-order chi connectivity index (χ1) is 16.1. The molecule has 0 unspecified atom stereocenters. The number of pyridine rings is 1. The first-order valence-corrected chi connectivity index (χ1v) is 11.0. The second-order valence-electron chi connectivity index (χ2n) is 8.59. The van der Waals surface area contributed by atoms with E-state index in [2.05, 4.69) is 22.4 Å². The van der Waals surface area contributed by atoms with Crippen molar-refractivity contribution in [3.05, 3.63) is 78.1 Å². The van der Waals surface area contributed by atoms with Gasteiger partial charge in [-0.25, -0.2) is 14.8 Å². The number of nitrogens with zero attached hydrogens (tertiary/aromatic N) is 3. The van der Waals surface area contributed by atoms with Gasteiger partial charge in [0.05, 0.1) is 24.2 Å². The van der Waals surface area contributed by atoms with E-state index in [1.807, 2.05) is 53.1 Å². The maximum Gasteiger partial charge on any atom is 0.358 e. The van der Waals surface area contributed by atoms with Crippen LogP contribution in [0.15, 0.2) is 66.9 Å². The molecule has 7 heteroatoms. The molecular weight excluding hydrogens is 414 g/mol. The monoisotopic (exact) mass is 437 g/mol. The number of nitrogens with two attached hydrogens (primary N) is 1. The topological polar surface area (TPSA) is 95.1 Å². The van der Waals surface area contributed by atoms with Crippen LogP contribution in [-0.2, 0) is 10.3 Å². The van der Waals surface area contributed by atoms with Crippen molar-refractivity contribution >= 4 is 17.5 Å². The van der Waals surface area contributed by atoms with E-state index in [-0.39, 0.29) is 11.2 Å². The quantitative estimate of drug-likeness (QED) is 0.394. The first kappa shape index (κ1) is 19.7. The lowest BCUT2D eigenvalue weighted by Crippen LogP contribution is -2.43. The largest absolute Gasteiger partial charge is 0.464 e. The van der Waals surface area contributed by atoms with Gasteiger partial charge in [-0.15, -0.1) is 0 Å². The molecule has 4 aromatic rings. The number of carbonyl (C=O) groups excluding carboxylic acids is 1. The molecule has 0 amide bonds. The van der Waals surface area contributed by atoms with E-state index in [4.69, 9.17) is 15.5 Å². The van der Waals surface area contributed by atoms with Crippen LogP contribution in [0.3, 0.4) is 0 Å². The molecule has 0 atom stereocenters. The van der Waals surface area contributed by atoms with Crippen LogP contribution in [-0.4, -0.2) is 27.6 Å². The van der Waals surface area contributed by atoms with Gasteiger partial charge in [-0.05, 0) is 49.1 Å². The summed E-state index contributed by atoms with van der Waals surface area (Å²) in [4.78, 5) is 22.2. The second-order valence-corrected chi connectivity index (χ2v) is 8.59. The molecule has 0 spiro atoms. The number of hydrogen-bond acceptors (Lipinski definition) is 6. The van der Waals surface area contributed by atoms with Crippen molar-refractivity contribution in [1.82, 2.24) is 14.5 Å². The number of anilines is 2. The summed E-state index contributed by atoms with van der Waals surface area (Å²) < 4.78 is 7.11. The first-order valence-electron chi connectivity index (χ1n) is 11.0. The van der Waals surface area contributed by atoms with Gasteiger partial charge in [-0.2, -0.15) is 0 Å². The van der Waals surface area contributed by atoms with Gasteiger partial charge >= 0.3 is 5.97 Å². The molecule has 3 N–H and O–H groups in total. The number of hydrogen-bond donors (Lipinski definition) is 2. The van der Waals surface area contributed by atoms with Gasteiger partial charge < -0.3 is 15.8 Å². The summed E-state index contributed by atoms with van der Waals surface area (Å²) in [6.45, 7) is 0. The number of para-hydroxylation sites is 1. The van der Waals surface area contributed by atoms with Gasteiger partial charge in [0.25, 0.3) is 0 Å². The van der Waals surface area contributed by atoms with Crippen LogP contribution in [0.5, 0.6) is 0 Å². The Hall–Kier alpha value is -3.97. The van der Waals surface area contributed by atoms with Gasteiger partial charge in [-0.1, -0.05) is 36.4 Å². The summed E-state index contributed by atoms with van der Waals surface area (Å²) in [6, 6.07) is 19.9. The van der Waals surface area contributed by atoms with E-state index in [1.165, 1.54) is 7.11 Å². The van der Waals surface area contributed by atoms with Gasteiger partial charge in [0.15, 0.2) is 11.5 Å². The number of methoxy groups -OCH3 is 1. The van der Waals surface area contributed by atoms with Crippen molar-refractivity contribution in [3.8, 4) is 28.3 Å². The minimum atomic E-state index is -0.486.